The van der Waals surface area contributed by atoms with Gasteiger partial charge in [-0.05, 0) is 43.3 Å². The molecular formula is C16H14ClF3N2S. The van der Waals surface area contributed by atoms with Crippen LogP contribution in [-0.2, 0) is 25.0 Å². The van der Waals surface area contributed by atoms with Crippen LogP contribution in [0.15, 0.2) is 40.8 Å². The highest BCUT2D eigenvalue weighted by molar-refractivity contribution is 7.47. The van der Waals surface area contributed by atoms with Gasteiger partial charge in [0.2, 0.25) is 0 Å². The fourth-order valence-electron chi connectivity index (χ4n) is 2.27. The quantitative estimate of drug-likeness (QED) is 0.799. The summed E-state index contributed by atoms with van der Waals surface area (Å²) in [6, 6.07) is 9.15. The zero-order valence-corrected chi connectivity index (χ0v) is 13.8. The van der Waals surface area contributed by atoms with Crippen LogP contribution in [-0.4, -0.2) is 13.6 Å². The Labute approximate surface area is 142 Å². The number of benzene rings is 2. The molecule has 0 bridgehead atoms. The van der Waals surface area contributed by atoms with Gasteiger partial charge >= 0.3 is 6.18 Å². The maximum Gasteiger partial charge on any atom is 0.417 e. The van der Waals surface area contributed by atoms with Gasteiger partial charge in [-0.1, -0.05) is 35.9 Å². The van der Waals surface area contributed by atoms with Crippen molar-refractivity contribution in [2.75, 3.05) is 13.6 Å². The van der Waals surface area contributed by atoms with Crippen molar-refractivity contribution in [3.63, 3.8) is 0 Å². The van der Waals surface area contributed by atoms with Gasteiger partial charge < -0.3 is 5.32 Å². The number of rotatable bonds is 5. The van der Waals surface area contributed by atoms with Gasteiger partial charge in [0.15, 0.2) is 0 Å². The number of alkyl halides is 3. The summed E-state index contributed by atoms with van der Waals surface area (Å²) >= 11 is 10.5. The molecule has 0 aliphatic rings. The third-order valence-electron chi connectivity index (χ3n) is 3.39. The summed E-state index contributed by atoms with van der Waals surface area (Å²) in [5.41, 5.74) is 0.571. The van der Waals surface area contributed by atoms with E-state index >= 15 is 0 Å². The summed E-state index contributed by atoms with van der Waals surface area (Å²) in [6.45, 7) is 0.795. The van der Waals surface area contributed by atoms with E-state index in [1.807, 2.05) is 7.05 Å². The predicted molar refractivity (Wildman–Crippen MR) is 89.0 cm³/mol. The first-order chi connectivity index (χ1) is 10.9. The van der Waals surface area contributed by atoms with Crippen LogP contribution in [0.2, 0.25) is 5.02 Å². The minimum Gasteiger partial charge on any atom is -0.319 e. The SMILES string of the molecule is CNCCc1ccc(-c2c(Cl)cc(N=S)cc2C(F)(F)F)cc1. The van der Waals surface area contributed by atoms with Crippen molar-refractivity contribution in [1.29, 1.82) is 0 Å². The van der Waals surface area contributed by atoms with Crippen LogP contribution in [0.1, 0.15) is 11.1 Å². The Morgan fingerprint density at radius 3 is 2.35 bits per heavy atom. The van der Waals surface area contributed by atoms with Crippen molar-refractivity contribution >= 4 is 29.7 Å². The van der Waals surface area contributed by atoms with Gasteiger partial charge in [0, 0.05) is 18.0 Å². The second kappa shape index (κ2) is 7.38. The lowest BCUT2D eigenvalue weighted by Crippen LogP contribution is -2.10. The van der Waals surface area contributed by atoms with Crippen LogP contribution in [0, 0.1) is 0 Å². The average Bonchev–Trinajstić information content (AvgIpc) is 2.52. The minimum atomic E-state index is -4.54. The number of hydrogen-bond donors (Lipinski definition) is 1. The number of nitrogens with one attached hydrogen (secondary N) is 1. The second-order valence-corrected chi connectivity index (χ2v) is 5.58. The Balaban J connectivity index is 2.51. The van der Waals surface area contributed by atoms with Crippen molar-refractivity contribution < 1.29 is 13.2 Å². The summed E-state index contributed by atoms with van der Waals surface area (Å²) in [5, 5.41) is 3.00. The molecule has 0 atom stereocenters. The fourth-order valence-corrected chi connectivity index (χ4v) is 2.70. The molecule has 0 fully saturated rings. The largest absolute Gasteiger partial charge is 0.417 e. The van der Waals surface area contributed by atoms with Crippen molar-refractivity contribution in [3.8, 4) is 11.1 Å². The van der Waals surface area contributed by atoms with Gasteiger partial charge in [0.25, 0.3) is 0 Å². The maximum absolute atomic E-state index is 13.3. The molecule has 0 unspecified atom stereocenters. The first kappa shape index (κ1) is 17.8. The lowest BCUT2D eigenvalue weighted by atomic mass is 9.97. The normalized spacial score (nSPS) is 11.5. The highest BCUT2D eigenvalue weighted by Crippen LogP contribution is 2.43. The average molecular weight is 359 g/mol. The van der Waals surface area contributed by atoms with E-state index in [0.29, 0.717) is 5.56 Å². The van der Waals surface area contributed by atoms with Crippen molar-refractivity contribution in [2.24, 2.45) is 4.36 Å². The van der Waals surface area contributed by atoms with Crippen LogP contribution in [0.5, 0.6) is 0 Å². The molecule has 122 valence electrons. The third-order valence-corrected chi connectivity index (χ3v) is 3.90. The van der Waals surface area contributed by atoms with Gasteiger partial charge in [0.1, 0.15) is 0 Å². The molecule has 2 rings (SSSR count). The minimum absolute atomic E-state index is 0.0201. The van der Waals surface area contributed by atoms with Gasteiger partial charge in [0.05, 0.1) is 16.3 Å². The lowest BCUT2D eigenvalue weighted by molar-refractivity contribution is -0.137. The fraction of sp³-hybridized carbons (Fsp3) is 0.250. The van der Waals surface area contributed by atoms with Gasteiger partial charge in [-0.3, -0.25) is 0 Å². The number of hydrogen-bond acceptors (Lipinski definition) is 3. The Hall–Kier alpha value is -1.50. The molecule has 0 saturated heterocycles. The summed E-state index contributed by atoms with van der Waals surface area (Å²) < 4.78 is 43.4. The molecule has 0 amide bonds. The van der Waals surface area contributed by atoms with Crippen LogP contribution in [0.25, 0.3) is 11.1 Å². The molecule has 2 aromatic rings. The first-order valence-electron chi connectivity index (χ1n) is 6.85. The zero-order valence-electron chi connectivity index (χ0n) is 12.2. The number of halogens is 4. The number of likely N-dealkylation sites (N-methyl/N-ethyl adjacent to an activating group) is 1. The standard InChI is InChI=1S/C16H14ClF3N2S/c1-21-7-6-10-2-4-11(5-3-10)15-13(16(18,19)20)8-12(22-23)9-14(15)17/h2-5,8-9,21H,6-7H2,1H3. The Morgan fingerprint density at radius 1 is 1.17 bits per heavy atom. The van der Waals surface area contributed by atoms with E-state index in [1.54, 1.807) is 24.3 Å². The molecule has 0 aliphatic carbocycles. The van der Waals surface area contributed by atoms with Crippen LogP contribution in [0.3, 0.4) is 0 Å². The van der Waals surface area contributed by atoms with Gasteiger partial charge in [-0.15, -0.1) is 0 Å². The van der Waals surface area contributed by atoms with E-state index in [1.165, 1.54) is 6.07 Å². The van der Waals surface area contributed by atoms with E-state index in [9.17, 15) is 13.2 Å². The molecule has 23 heavy (non-hydrogen) atoms. The first-order valence-corrected chi connectivity index (χ1v) is 7.59. The summed E-state index contributed by atoms with van der Waals surface area (Å²) in [7, 11) is 1.84. The van der Waals surface area contributed by atoms with Crippen molar-refractivity contribution in [1.82, 2.24) is 5.32 Å². The smallest absolute Gasteiger partial charge is 0.319 e. The van der Waals surface area contributed by atoms with Gasteiger partial charge in [-0.25, -0.2) is 0 Å². The molecule has 0 spiro atoms. The molecule has 0 aromatic heterocycles. The van der Waals surface area contributed by atoms with Crippen LogP contribution in [0.4, 0.5) is 18.9 Å². The molecule has 0 aliphatic heterocycles. The van der Waals surface area contributed by atoms with E-state index < -0.39 is 11.7 Å². The van der Waals surface area contributed by atoms with Crippen LogP contribution >= 0.6 is 11.6 Å². The molecule has 7 heteroatoms. The predicted octanol–water partition coefficient (Wildman–Crippen LogP) is 5.15. The molecule has 1 N–H and O–H groups in total. The van der Waals surface area contributed by atoms with E-state index in [-0.39, 0.29) is 16.3 Å². The van der Waals surface area contributed by atoms with Crippen molar-refractivity contribution in [3.05, 3.63) is 52.5 Å². The second-order valence-electron chi connectivity index (χ2n) is 4.99. The summed E-state index contributed by atoms with van der Waals surface area (Å²) in [5.74, 6) is 0. The van der Waals surface area contributed by atoms with Crippen molar-refractivity contribution in [2.45, 2.75) is 12.6 Å². The van der Waals surface area contributed by atoms with Crippen LogP contribution < -0.4 is 5.32 Å². The maximum atomic E-state index is 13.3. The van der Waals surface area contributed by atoms with E-state index in [2.05, 4.69) is 22.1 Å². The topological polar surface area (TPSA) is 24.4 Å². The number of nitrogens with zero attached hydrogens (tertiary/aromatic N) is 1. The van der Waals surface area contributed by atoms with Gasteiger partial charge in [-0.2, -0.15) is 17.5 Å². The Bertz CT molecular complexity index is 700. The summed E-state index contributed by atoms with van der Waals surface area (Å²) in [4.78, 5) is 0. The zero-order chi connectivity index (χ0) is 17.0. The van der Waals surface area contributed by atoms with E-state index in [0.717, 1.165) is 24.6 Å². The third kappa shape index (κ3) is 4.28. The molecular weight excluding hydrogens is 345 g/mol. The molecule has 2 nitrogen and oxygen atoms in total. The Morgan fingerprint density at radius 2 is 1.83 bits per heavy atom. The summed E-state index contributed by atoms with van der Waals surface area (Å²) in [6.07, 6.45) is -3.75. The molecule has 0 saturated carbocycles. The molecule has 2 aromatic carbocycles. The highest BCUT2D eigenvalue weighted by Gasteiger charge is 2.35. The molecule has 0 radical (unpaired) electrons. The lowest BCUT2D eigenvalue weighted by Gasteiger charge is -2.16. The molecule has 0 heterocycles. The monoisotopic (exact) mass is 358 g/mol. The van der Waals surface area contributed by atoms with E-state index in [4.69, 9.17) is 11.6 Å². The highest BCUT2D eigenvalue weighted by atomic mass is 35.5. The Kier molecular flexibility index (Phi) is 5.73.